The van der Waals surface area contributed by atoms with Crippen LogP contribution in [0.3, 0.4) is 0 Å². The van der Waals surface area contributed by atoms with Crippen molar-refractivity contribution in [2.24, 2.45) is 0 Å². The number of pyridine rings is 1. The molecule has 3 aromatic heterocycles. The fourth-order valence-corrected chi connectivity index (χ4v) is 5.07. The van der Waals surface area contributed by atoms with Crippen LogP contribution >= 0.6 is 0 Å². The Morgan fingerprint density at radius 2 is 1.93 bits per heavy atom. The van der Waals surface area contributed by atoms with Crippen molar-refractivity contribution in [1.82, 2.24) is 30.0 Å². The van der Waals surface area contributed by atoms with Gasteiger partial charge in [0, 0.05) is 18.9 Å². The Hall–Kier alpha value is -4.73. The molecule has 0 aliphatic heterocycles. The Bertz CT molecular complexity index is 1710. The Morgan fingerprint density at radius 3 is 2.67 bits per heavy atom. The number of halogens is 1. The minimum Gasteiger partial charge on any atom is -0.492 e. The van der Waals surface area contributed by atoms with E-state index in [9.17, 15) is 4.79 Å². The number of hydrogen-bond donors (Lipinski definition) is 1. The van der Waals surface area contributed by atoms with Gasteiger partial charge < -0.3 is 10.1 Å². The third-order valence-electron chi connectivity index (χ3n) is 7.33. The molecule has 10 heteroatoms. The number of para-hydroxylation sites is 2. The van der Waals surface area contributed by atoms with Gasteiger partial charge in [-0.3, -0.25) is 9.36 Å². The SMILES string of the molecule is CCOc1ccc(-c2nnc(C3CC(NC(=O)c4cccc5nc(C)c(C)[nH+]c45)C3)n2-c2ccccc2F)nc1. The van der Waals surface area contributed by atoms with Gasteiger partial charge in [0.2, 0.25) is 5.52 Å². The van der Waals surface area contributed by atoms with Crippen LogP contribution in [0.5, 0.6) is 5.75 Å². The first kappa shape index (κ1) is 25.5. The summed E-state index contributed by atoms with van der Waals surface area (Å²) in [5, 5.41) is 12.0. The summed E-state index contributed by atoms with van der Waals surface area (Å²) < 4.78 is 22.3. The molecule has 2 aromatic carbocycles. The first-order chi connectivity index (χ1) is 19.4. The number of nitrogens with one attached hydrogen (secondary N) is 2. The minimum absolute atomic E-state index is 0.0144. The maximum Gasteiger partial charge on any atom is 0.258 e. The largest absolute Gasteiger partial charge is 0.492 e. The van der Waals surface area contributed by atoms with Crippen molar-refractivity contribution < 1.29 is 18.9 Å². The highest BCUT2D eigenvalue weighted by molar-refractivity contribution is 6.03. The lowest BCUT2D eigenvalue weighted by Gasteiger charge is -2.35. The lowest BCUT2D eigenvalue weighted by atomic mass is 9.79. The van der Waals surface area contributed by atoms with Gasteiger partial charge in [-0.05, 0) is 63.1 Å². The lowest BCUT2D eigenvalue weighted by molar-refractivity contribution is -0.356. The van der Waals surface area contributed by atoms with Crippen molar-refractivity contribution in [2.75, 3.05) is 6.61 Å². The number of aromatic amines is 1. The number of carbonyl (C=O) groups excluding carboxylic acids is 1. The lowest BCUT2D eigenvalue weighted by Crippen LogP contribution is -2.44. The highest BCUT2D eigenvalue weighted by Gasteiger charge is 2.37. The average Bonchev–Trinajstić information content (AvgIpc) is 3.35. The molecule has 0 radical (unpaired) electrons. The van der Waals surface area contributed by atoms with Crippen LogP contribution in [0.1, 0.15) is 53.3 Å². The standard InChI is InChI=1S/C30H28FN7O2/c1-4-40-21-12-13-25(32-16-21)29-37-36-28(38(29)26-11-6-5-9-23(26)31)19-14-20(15-19)35-30(39)22-8-7-10-24-27(22)34-18(3)17(2)33-24/h5-13,16,19-20H,4,14-15H2,1-3H3,(H,35,39)/p+1. The van der Waals surface area contributed by atoms with Crippen molar-refractivity contribution >= 4 is 16.9 Å². The number of H-pyrrole nitrogens is 1. The van der Waals surface area contributed by atoms with Gasteiger partial charge in [0.15, 0.2) is 11.5 Å². The number of rotatable bonds is 7. The molecule has 0 spiro atoms. The van der Waals surface area contributed by atoms with E-state index in [0.29, 0.717) is 59.3 Å². The Morgan fingerprint density at radius 1 is 1.10 bits per heavy atom. The number of amides is 1. The molecule has 1 aliphatic rings. The molecule has 0 saturated heterocycles. The second-order valence-corrected chi connectivity index (χ2v) is 9.97. The fourth-order valence-electron chi connectivity index (χ4n) is 5.07. The normalized spacial score (nSPS) is 16.5. The zero-order valence-electron chi connectivity index (χ0n) is 22.5. The Labute approximate surface area is 230 Å². The van der Waals surface area contributed by atoms with Crippen LogP contribution in [0.4, 0.5) is 4.39 Å². The van der Waals surface area contributed by atoms with E-state index < -0.39 is 0 Å². The van der Waals surface area contributed by atoms with Gasteiger partial charge in [0.1, 0.15) is 39.9 Å². The number of fused-ring (bicyclic) bond motifs is 1. The molecular formula is C30H29FN7O2+. The van der Waals surface area contributed by atoms with Crippen LogP contribution in [-0.4, -0.2) is 43.3 Å². The molecular weight excluding hydrogens is 509 g/mol. The van der Waals surface area contributed by atoms with Gasteiger partial charge in [-0.25, -0.2) is 19.3 Å². The van der Waals surface area contributed by atoms with Crippen molar-refractivity contribution in [2.45, 2.75) is 45.6 Å². The summed E-state index contributed by atoms with van der Waals surface area (Å²) in [5.41, 5.74) is 4.73. The van der Waals surface area contributed by atoms with E-state index in [4.69, 9.17) is 4.74 Å². The van der Waals surface area contributed by atoms with Gasteiger partial charge in [-0.1, -0.05) is 18.2 Å². The van der Waals surface area contributed by atoms with Crippen LogP contribution in [0.2, 0.25) is 0 Å². The van der Waals surface area contributed by atoms with E-state index >= 15 is 4.39 Å². The van der Waals surface area contributed by atoms with E-state index in [1.54, 1.807) is 41.1 Å². The number of aromatic nitrogens is 6. The van der Waals surface area contributed by atoms with Crippen molar-refractivity contribution in [3.63, 3.8) is 0 Å². The average molecular weight is 539 g/mol. The van der Waals surface area contributed by atoms with Crippen LogP contribution < -0.4 is 15.0 Å². The van der Waals surface area contributed by atoms with Crippen molar-refractivity contribution in [3.8, 4) is 23.0 Å². The first-order valence-corrected chi connectivity index (χ1v) is 13.3. The van der Waals surface area contributed by atoms with E-state index in [1.165, 1.54) is 6.07 Å². The summed E-state index contributed by atoms with van der Waals surface area (Å²) >= 11 is 0. The zero-order chi connectivity index (χ0) is 27.8. The Balaban J connectivity index is 1.25. The zero-order valence-corrected chi connectivity index (χ0v) is 22.5. The number of carbonyl (C=O) groups is 1. The third kappa shape index (κ3) is 4.66. The monoisotopic (exact) mass is 538 g/mol. The second-order valence-electron chi connectivity index (χ2n) is 9.97. The topological polar surface area (TPSA) is 109 Å². The molecule has 9 nitrogen and oxygen atoms in total. The van der Waals surface area contributed by atoms with Gasteiger partial charge in [-0.2, -0.15) is 0 Å². The van der Waals surface area contributed by atoms with E-state index in [1.807, 2.05) is 39.0 Å². The molecule has 0 atom stereocenters. The molecule has 202 valence electrons. The minimum atomic E-state index is -0.383. The molecule has 40 heavy (non-hydrogen) atoms. The number of hydrogen-bond acceptors (Lipinski definition) is 6. The third-order valence-corrected chi connectivity index (χ3v) is 7.33. The molecule has 0 unspecified atom stereocenters. The van der Waals surface area contributed by atoms with Crippen LogP contribution in [0.15, 0.2) is 60.8 Å². The number of benzene rings is 2. The van der Waals surface area contributed by atoms with E-state index in [2.05, 4.69) is 30.5 Å². The van der Waals surface area contributed by atoms with E-state index in [-0.39, 0.29) is 23.7 Å². The molecule has 1 aliphatic carbocycles. The quantitative estimate of drug-likeness (QED) is 0.326. The van der Waals surface area contributed by atoms with Crippen LogP contribution in [-0.2, 0) is 0 Å². The maximum atomic E-state index is 15.0. The molecule has 2 N–H and O–H groups in total. The first-order valence-electron chi connectivity index (χ1n) is 13.3. The molecule has 1 fully saturated rings. The van der Waals surface area contributed by atoms with Gasteiger partial charge in [-0.15, -0.1) is 10.2 Å². The second kappa shape index (κ2) is 10.4. The molecule has 1 saturated carbocycles. The van der Waals surface area contributed by atoms with Gasteiger partial charge in [0.05, 0.1) is 18.5 Å². The molecule has 6 rings (SSSR count). The number of nitrogens with zero attached hydrogens (tertiary/aromatic N) is 5. The van der Waals surface area contributed by atoms with Crippen molar-refractivity contribution in [3.05, 3.63) is 89.4 Å². The summed E-state index contributed by atoms with van der Waals surface area (Å²) in [4.78, 5) is 25.6. The highest BCUT2D eigenvalue weighted by Crippen LogP contribution is 2.39. The number of ether oxygens (including phenoxy) is 1. The predicted octanol–water partition coefficient (Wildman–Crippen LogP) is 4.52. The number of aryl methyl sites for hydroxylation is 2. The van der Waals surface area contributed by atoms with Crippen molar-refractivity contribution in [1.29, 1.82) is 0 Å². The molecule has 3 heterocycles. The maximum absolute atomic E-state index is 15.0. The summed E-state index contributed by atoms with van der Waals surface area (Å²) in [5.74, 6) is 1.16. The van der Waals surface area contributed by atoms with Crippen LogP contribution in [0.25, 0.3) is 28.2 Å². The summed E-state index contributed by atoms with van der Waals surface area (Å²) in [6, 6.07) is 15.6. The Kier molecular flexibility index (Phi) is 6.67. The fraction of sp³-hybridized carbons (Fsp3) is 0.267. The van der Waals surface area contributed by atoms with E-state index in [0.717, 1.165) is 16.9 Å². The molecule has 1 amide bonds. The predicted molar refractivity (Wildman–Crippen MR) is 147 cm³/mol. The molecule has 0 bridgehead atoms. The summed E-state index contributed by atoms with van der Waals surface area (Å²) in [7, 11) is 0. The smallest absolute Gasteiger partial charge is 0.258 e. The highest BCUT2D eigenvalue weighted by atomic mass is 19.1. The van der Waals surface area contributed by atoms with Gasteiger partial charge in [0.25, 0.3) is 5.91 Å². The van der Waals surface area contributed by atoms with Gasteiger partial charge >= 0.3 is 0 Å². The molecule has 5 aromatic rings. The van der Waals surface area contributed by atoms with Crippen LogP contribution in [0, 0.1) is 19.7 Å². The summed E-state index contributed by atoms with van der Waals surface area (Å²) in [6.07, 6.45) is 2.93. The summed E-state index contributed by atoms with van der Waals surface area (Å²) in [6.45, 7) is 6.31.